The molecule has 0 aromatic heterocycles. The number of carbonyl (C=O) groups is 2. The van der Waals surface area contributed by atoms with Crippen molar-refractivity contribution in [3.63, 3.8) is 0 Å². The lowest BCUT2D eigenvalue weighted by Gasteiger charge is -2.12. The Hall–Kier alpha value is -2.30. The van der Waals surface area contributed by atoms with Crippen molar-refractivity contribution < 1.29 is 9.59 Å². The number of rotatable bonds is 4. The number of amides is 2. The van der Waals surface area contributed by atoms with Crippen LogP contribution in [0.4, 0.5) is 4.79 Å². The molecular weight excluding hydrogens is 354 g/mol. The molecule has 2 aromatic carbocycles. The fourth-order valence-corrected chi connectivity index (χ4v) is 3.48. The zero-order valence-corrected chi connectivity index (χ0v) is 15.2. The Morgan fingerprint density at radius 2 is 1.76 bits per heavy atom. The molecule has 2 aromatic rings. The Bertz CT molecular complexity index is 857. The number of nitrogens with zero attached hydrogens (tertiary/aromatic N) is 1. The van der Waals surface area contributed by atoms with Crippen LogP contribution in [-0.2, 0) is 11.3 Å². The predicted octanol–water partition coefficient (Wildman–Crippen LogP) is 5.52. The van der Waals surface area contributed by atoms with Gasteiger partial charge in [0.1, 0.15) is 0 Å². The smallest absolute Gasteiger partial charge is 0.268 e. The molecule has 5 heteroatoms. The van der Waals surface area contributed by atoms with Gasteiger partial charge in [0.2, 0.25) is 0 Å². The first-order valence-corrected chi connectivity index (χ1v) is 8.95. The fraction of sp³-hybridized carbons (Fsp3) is 0.100. The van der Waals surface area contributed by atoms with Gasteiger partial charge in [-0.2, -0.15) is 0 Å². The average molecular weight is 370 g/mol. The molecule has 0 radical (unpaired) electrons. The third-order valence-electron chi connectivity index (χ3n) is 3.68. The van der Waals surface area contributed by atoms with Gasteiger partial charge in [0.15, 0.2) is 0 Å². The summed E-state index contributed by atoms with van der Waals surface area (Å²) in [5.41, 5.74) is 2.84. The quantitative estimate of drug-likeness (QED) is 0.665. The van der Waals surface area contributed by atoms with Crippen LogP contribution < -0.4 is 0 Å². The summed E-state index contributed by atoms with van der Waals surface area (Å²) in [6, 6.07) is 17.0. The van der Waals surface area contributed by atoms with E-state index in [1.165, 1.54) is 4.90 Å². The Balaban J connectivity index is 1.76. The minimum absolute atomic E-state index is 0.251. The Morgan fingerprint density at radius 3 is 2.44 bits per heavy atom. The van der Waals surface area contributed by atoms with E-state index in [4.69, 9.17) is 11.6 Å². The Labute approximate surface area is 156 Å². The molecule has 1 aliphatic heterocycles. The molecule has 0 saturated carbocycles. The minimum Gasteiger partial charge on any atom is -0.268 e. The molecule has 3 nitrogen and oxygen atoms in total. The lowest BCUT2D eigenvalue weighted by molar-refractivity contribution is -0.123. The maximum atomic E-state index is 12.5. The van der Waals surface area contributed by atoms with E-state index < -0.39 is 0 Å². The summed E-state index contributed by atoms with van der Waals surface area (Å²) in [5, 5.41) is 0.373. The third kappa shape index (κ3) is 4.41. The second-order valence-corrected chi connectivity index (χ2v) is 7.12. The maximum absolute atomic E-state index is 12.5. The number of benzene rings is 2. The van der Waals surface area contributed by atoms with Gasteiger partial charge in [0, 0.05) is 5.02 Å². The van der Waals surface area contributed by atoms with Gasteiger partial charge in [0.25, 0.3) is 11.1 Å². The summed E-state index contributed by atoms with van der Waals surface area (Å²) in [7, 11) is 0. The first-order valence-electron chi connectivity index (χ1n) is 7.76. The molecule has 1 heterocycles. The van der Waals surface area contributed by atoms with Crippen molar-refractivity contribution in [3.05, 3.63) is 87.3 Å². The van der Waals surface area contributed by atoms with Crippen LogP contribution in [-0.4, -0.2) is 16.0 Å². The van der Waals surface area contributed by atoms with Crippen LogP contribution in [0, 0.1) is 0 Å². The first kappa shape index (κ1) is 17.5. The van der Waals surface area contributed by atoms with Gasteiger partial charge < -0.3 is 0 Å². The lowest BCUT2D eigenvalue weighted by atomic mass is 10.1. The maximum Gasteiger partial charge on any atom is 0.293 e. The second kappa shape index (κ2) is 7.72. The summed E-state index contributed by atoms with van der Waals surface area (Å²) in [6.45, 7) is 2.17. The van der Waals surface area contributed by atoms with Gasteiger partial charge in [-0.3, -0.25) is 14.5 Å². The van der Waals surface area contributed by atoms with Crippen molar-refractivity contribution >= 4 is 40.6 Å². The highest BCUT2D eigenvalue weighted by atomic mass is 35.5. The van der Waals surface area contributed by atoms with Gasteiger partial charge in [-0.25, -0.2) is 0 Å². The van der Waals surface area contributed by atoms with Gasteiger partial charge in [0.05, 0.1) is 11.4 Å². The molecule has 1 aliphatic rings. The van der Waals surface area contributed by atoms with Gasteiger partial charge in [-0.15, -0.1) is 0 Å². The summed E-state index contributed by atoms with van der Waals surface area (Å²) >= 11 is 6.84. The Kier molecular flexibility index (Phi) is 5.41. The largest absolute Gasteiger partial charge is 0.293 e. The van der Waals surface area contributed by atoms with Crippen molar-refractivity contribution in [2.45, 2.75) is 13.5 Å². The Morgan fingerprint density at radius 1 is 1.08 bits per heavy atom. The molecule has 1 fully saturated rings. The molecule has 2 amide bonds. The van der Waals surface area contributed by atoms with Crippen molar-refractivity contribution in [1.82, 2.24) is 4.90 Å². The number of carbonyl (C=O) groups excluding carboxylic acids is 2. The zero-order valence-electron chi connectivity index (χ0n) is 13.6. The molecule has 1 saturated heterocycles. The van der Waals surface area contributed by atoms with Crippen molar-refractivity contribution in [3.8, 4) is 0 Å². The SMILES string of the molecule is CC(=C\c1ccccc1)/C=C1/SC(=O)N(Cc2ccc(Cl)cc2)C1=O. The molecule has 0 N–H and O–H groups in total. The molecular formula is C20H16ClNO2S. The van der Waals surface area contributed by atoms with E-state index in [-0.39, 0.29) is 17.7 Å². The van der Waals surface area contributed by atoms with E-state index in [0.29, 0.717) is 9.93 Å². The summed E-state index contributed by atoms with van der Waals surface area (Å²) in [6.07, 6.45) is 3.74. The third-order valence-corrected chi connectivity index (χ3v) is 4.84. The average Bonchev–Trinajstić information content (AvgIpc) is 2.85. The van der Waals surface area contributed by atoms with Gasteiger partial charge in [-0.05, 0) is 53.6 Å². The molecule has 0 unspecified atom stereocenters. The molecule has 0 atom stereocenters. The van der Waals surface area contributed by atoms with E-state index in [2.05, 4.69) is 0 Å². The van der Waals surface area contributed by atoms with Crippen molar-refractivity contribution in [2.24, 2.45) is 0 Å². The highest BCUT2D eigenvalue weighted by Gasteiger charge is 2.34. The minimum atomic E-state index is -0.259. The van der Waals surface area contributed by atoms with Crippen LogP contribution in [0.3, 0.4) is 0 Å². The van der Waals surface area contributed by atoms with Crippen molar-refractivity contribution in [1.29, 1.82) is 0 Å². The summed E-state index contributed by atoms with van der Waals surface area (Å²) < 4.78 is 0. The van der Waals surface area contributed by atoms with Crippen LogP contribution in [0.2, 0.25) is 5.02 Å². The molecule has 3 rings (SSSR count). The summed E-state index contributed by atoms with van der Waals surface area (Å²) in [5.74, 6) is -0.259. The van der Waals surface area contributed by atoms with Crippen LogP contribution in [0.1, 0.15) is 18.1 Å². The van der Waals surface area contributed by atoms with Gasteiger partial charge in [-0.1, -0.05) is 60.1 Å². The topological polar surface area (TPSA) is 37.4 Å². The number of allylic oxidation sites excluding steroid dienone is 2. The molecule has 0 spiro atoms. The van der Waals surface area contributed by atoms with E-state index >= 15 is 0 Å². The van der Waals surface area contributed by atoms with E-state index in [9.17, 15) is 9.59 Å². The standard InChI is InChI=1S/C20H16ClNO2S/c1-14(11-15-5-3-2-4-6-15)12-18-19(23)22(20(24)25-18)13-16-7-9-17(21)10-8-16/h2-12H,13H2,1H3/b14-11+,18-12+. The molecule has 25 heavy (non-hydrogen) atoms. The van der Waals surface area contributed by atoms with Crippen LogP contribution in [0.25, 0.3) is 6.08 Å². The summed E-state index contributed by atoms with van der Waals surface area (Å²) in [4.78, 5) is 26.4. The number of imide groups is 1. The van der Waals surface area contributed by atoms with Crippen LogP contribution >= 0.6 is 23.4 Å². The highest BCUT2D eigenvalue weighted by Crippen LogP contribution is 2.33. The highest BCUT2D eigenvalue weighted by molar-refractivity contribution is 8.18. The van der Waals surface area contributed by atoms with Crippen LogP contribution in [0.15, 0.2) is 71.2 Å². The van der Waals surface area contributed by atoms with E-state index in [1.807, 2.05) is 55.5 Å². The first-order chi connectivity index (χ1) is 12.0. The van der Waals surface area contributed by atoms with Crippen molar-refractivity contribution in [2.75, 3.05) is 0 Å². The van der Waals surface area contributed by atoms with Gasteiger partial charge >= 0.3 is 0 Å². The lowest BCUT2D eigenvalue weighted by Crippen LogP contribution is -2.27. The van der Waals surface area contributed by atoms with E-state index in [1.54, 1.807) is 18.2 Å². The number of halogens is 1. The fourth-order valence-electron chi connectivity index (χ4n) is 2.47. The second-order valence-electron chi connectivity index (χ2n) is 5.69. The molecule has 0 aliphatic carbocycles. The van der Waals surface area contributed by atoms with E-state index in [0.717, 1.165) is 28.5 Å². The number of hydrogen-bond donors (Lipinski definition) is 0. The number of thioether (sulfide) groups is 1. The molecule has 126 valence electrons. The predicted molar refractivity (Wildman–Crippen MR) is 103 cm³/mol. The normalized spacial score (nSPS) is 16.8. The zero-order chi connectivity index (χ0) is 17.8. The van der Waals surface area contributed by atoms with Crippen LogP contribution in [0.5, 0.6) is 0 Å². The number of hydrogen-bond acceptors (Lipinski definition) is 3. The monoisotopic (exact) mass is 369 g/mol. The molecule has 0 bridgehead atoms.